The summed E-state index contributed by atoms with van der Waals surface area (Å²) in [6.45, 7) is 9.03. The van der Waals surface area contributed by atoms with E-state index in [2.05, 4.69) is 79.7 Å². The summed E-state index contributed by atoms with van der Waals surface area (Å²) in [6.07, 6.45) is 1.88. The van der Waals surface area contributed by atoms with E-state index in [1.54, 1.807) is 0 Å². The number of benzene rings is 1. The standard InChI is InChI=1S/C19H22N2/c1-14(15-9-6-5-7-10-15)21-17(19(2,3)4)13-16-11-8-12-20-18(16)21/h5-14H,1-4H3. The third kappa shape index (κ3) is 2.46. The summed E-state index contributed by atoms with van der Waals surface area (Å²) in [5.74, 6) is 0. The van der Waals surface area contributed by atoms with Gasteiger partial charge in [-0.2, -0.15) is 0 Å². The molecule has 0 saturated heterocycles. The van der Waals surface area contributed by atoms with Gasteiger partial charge in [0.05, 0.1) is 6.04 Å². The lowest BCUT2D eigenvalue weighted by Gasteiger charge is -2.26. The summed E-state index contributed by atoms with van der Waals surface area (Å²) < 4.78 is 2.38. The third-order valence-electron chi connectivity index (χ3n) is 4.03. The molecule has 0 bridgehead atoms. The van der Waals surface area contributed by atoms with Crippen LogP contribution in [-0.4, -0.2) is 9.55 Å². The van der Waals surface area contributed by atoms with Crippen LogP contribution in [0.4, 0.5) is 0 Å². The Morgan fingerprint density at radius 1 is 1.00 bits per heavy atom. The van der Waals surface area contributed by atoms with Crippen molar-refractivity contribution in [2.75, 3.05) is 0 Å². The van der Waals surface area contributed by atoms with Gasteiger partial charge in [-0.05, 0) is 30.7 Å². The van der Waals surface area contributed by atoms with Crippen molar-refractivity contribution in [1.29, 1.82) is 0 Å². The highest BCUT2D eigenvalue weighted by molar-refractivity contribution is 5.78. The van der Waals surface area contributed by atoms with Gasteiger partial charge in [0.15, 0.2) is 0 Å². The van der Waals surface area contributed by atoms with Gasteiger partial charge in [0.1, 0.15) is 5.65 Å². The van der Waals surface area contributed by atoms with Crippen molar-refractivity contribution in [3.8, 4) is 0 Å². The lowest BCUT2D eigenvalue weighted by atomic mass is 9.91. The molecule has 0 aliphatic rings. The molecule has 2 heterocycles. The van der Waals surface area contributed by atoms with Gasteiger partial charge in [0.25, 0.3) is 0 Å². The maximum atomic E-state index is 4.62. The molecular weight excluding hydrogens is 256 g/mol. The number of rotatable bonds is 2. The first-order chi connectivity index (χ1) is 9.98. The predicted octanol–water partition coefficient (Wildman–Crippen LogP) is 4.94. The molecule has 2 nitrogen and oxygen atoms in total. The van der Waals surface area contributed by atoms with Crippen LogP contribution in [0.5, 0.6) is 0 Å². The zero-order valence-electron chi connectivity index (χ0n) is 13.2. The Morgan fingerprint density at radius 3 is 2.38 bits per heavy atom. The minimum Gasteiger partial charge on any atom is -0.322 e. The molecule has 21 heavy (non-hydrogen) atoms. The van der Waals surface area contributed by atoms with Crippen molar-refractivity contribution >= 4 is 11.0 Å². The summed E-state index contributed by atoms with van der Waals surface area (Å²) in [5, 5.41) is 1.21. The molecule has 108 valence electrons. The van der Waals surface area contributed by atoms with Gasteiger partial charge in [0.2, 0.25) is 0 Å². The van der Waals surface area contributed by atoms with Crippen molar-refractivity contribution in [2.24, 2.45) is 0 Å². The summed E-state index contributed by atoms with van der Waals surface area (Å²) >= 11 is 0. The van der Waals surface area contributed by atoms with Gasteiger partial charge >= 0.3 is 0 Å². The highest BCUT2D eigenvalue weighted by Gasteiger charge is 2.24. The van der Waals surface area contributed by atoms with Gasteiger partial charge in [-0.3, -0.25) is 0 Å². The number of hydrogen-bond donors (Lipinski definition) is 0. The van der Waals surface area contributed by atoms with E-state index in [-0.39, 0.29) is 11.5 Å². The van der Waals surface area contributed by atoms with Crippen molar-refractivity contribution in [3.05, 3.63) is 66.0 Å². The van der Waals surface area contributed by atoms with Crippen LogP contribution in [0.25, 0.3) is 11.0 Å². The van der Waals surface area contributed by atoms with E-state index < -0.39 is 0 Å². The van der Waals surface area contributed by atoms with E-state index in [1.807, 2.05) is 12.3 Å². The minimum absolute atomic E-state index is 0.0870. The van der Waals surface area contributed by atoms with Gasteiger partial charge in [-0.1, -0.05) is 51.1 Å². The minimum atomic E-state index is 0.0870. The monoisotopic (exact) mass is 278 g/mol. The highest BCUT2D eigenvalue weighted by Crippen LogP contribution is 2.33. The van der Waals surface area contributed by atoms with E-state index in [0.29, 0.717) is 0 Å². The van der Waals surface area contributed by atoms with Crippen LogP contribution in [0.2, 0.25) is 0 Å². The van der Waals surface area contributed by atoms with Crippen molar-refractivity contribution in [2.45, 2.75) is 39.2 Å². The first-order valence-corrected chi connectivity index (χ1v) is 7.50. The molecule has 0 N–H and O–H groups in total. The van der Waals surface area contributed by atoms with Crippen LogP contribution in [-0.2, 0) is 5.41 Å². The van der Waals surface area contributed by atoms with Gasteiger partial charge in [-0.15, -0.1) is 0 Å². The highest BCUT2D eigenvalue weighted by atomic mass is 15.1. The largest absolute Gasteiger partial charge is 0.322 e. The summed E-state index contributed by atoms with van der Waals surface area (Å²) in [5.41, 5.74) is 3.79. The van der Waals surface area contributed by atoms with Gasteiger partial charge < -0.3 is 4.57 Å². The molecular formula is C19H22N2. The molecule has 2 aromatic heterocycles. The maximum absolute atomic E-state index is 4.62. The average Bonchev–Trinajstić information content (AvgIpc) is 2.87. The topological polar surface area (TPSA) is 17.8 Å². The molecule has 0 radical (unpaired) electrons. The Balaban J connectivity index is 2.25. The summed E-state index contributed by atoms with van der Waals surface area (Å²) in [6, 6.07) is 17.3. The molecule has 2 heteroatoms. The van der Waals surface area contributed by atoms with Crippen LogP contribution in [0.15, 0.2) is 54.7 Å². The Labute approximate surface area is 126 Å². The molecule has 3 rings (SSSR count). The van der Waals surface area contributed by atoms with Crippen molar-refractivity contribution < 1.29 is 0 Å². The van der Waals surface area contributed by atoms with Crippen LogP contribution in [0.1, 0.15) is 45.0 Å². The van der Waals surface area contributed by atoms with Crippen LogP contribution in [0.3, 0.4) is 0 Å². The van der Waals surface area contributed by atoms with Crippen LogP contribution < -0.4 is 0 Å². The number of nitrogens with zero attached hydrogens (tertiary/aromatic N) is 2. The first kappa shape index (κ1) is 13.9. The van der Waals surface area contributed by atoms with Crippen LogP contribution in [0, 0.1) is 0 Å². The fourth-order valence-electron chi connectivity index (χ4n) is 2.90. The van der Waals surface area contributed by atoms with E-state index >= 15 is 0 Å². The molecule has 1 aromatic carbocycles. The molecule has 0 fully saturated rings. The first-order valence-electron chi connectivity index (χ1n) is 7.50. The molecule has 0 saturated carbocycles. The van der Waals surface area contributed by atoms with Gasteiger partial charge in [0, 0.05) is 22.7 Å². The molecule has 0 aliphatic heterocycles. The number of fused-ring (bicyclic) bond motifs is 1. The number of hydrogen-bond acceptors (Lipinski definition) is 1. The second kappa shape index (κ2) is 5.03. The molecule has 1 atom stereocenters. The summed E-state index contributed by atoms with van der Waals surface area (Å²) in [4.78, 5) is 4.62. The average molecular weight is 278 g/mol. The SMILES string of the molecule is CC(c1ccccc1)n1c(C(C)(C)C)cc2cccnc21. The zero-order valence-corrected chi connectivity index (χ0v) is 13.2. The third-order valence-corrected chi connectivity index (χ3v) is 4.03. The lowest BCUT2D eigenvalue weighted by molar-refractivity contribution is 0.505. The quantitative estimate of drug-likeness (QED) is 0.649. The maximum Gasteiger partial charge on any atom is 0.140 e. The Hall–Kier alpha value is -2.09. The predicted molar refractivity (Wildman–Crippen MR) is 88.7 cm³/mol. The normalized spacial score (nSPS) is 13.5. The Kier molecular flexibility index (Phi) is 3.32. The van der Waals surface area contributed by atoms with E-state index in [1.165, 1.54) is 16.6 Å². The van der Waals surface area contributed by atoms with Crippen LogP contribution >= 0.6 is 0 Å². The van der Waals surface area contributed by atoms with E-state index in [0.717, 1.165) is 5.65 Å². The zero-order chi connectivity index (χ0) is 15.0. The fourth-order valence-corrected chi connectivity index (χ4v) is 2.90. The van der Waals surface area contributed by atoms with Crippen molar-refractivity contribution in [1.82, 2.24) is 9.55 Å². The van der Waals surface area contributed by atoms with E-state index in [4.69, 9.17) is 0 Å². The molecule has 1 unspecified atom stereocenters. The molecule has 0 spiro atoms. The molecule has 3 aromatic rings. The van der Waals surface area contributed by atoms with Gasteiger partial charge in [-0.25, -0.2) is 4.98 Å². The Bertz CT molecular complexity index is 748. The van der Waals surface area contributed by atoms with E-state index in [9.17, 15) is 0 Å². The smallest absolute Gasteiger partial charge is 0.140 e. The lowest BCUT2D eigenvalue weighted by Crippen LogP contribution is -2.20. The number of pyridine rings is 1. The summed E-state index contributed by atoms with van der Waals surface area (Å²) in [7, 11) is 0. The fraction of sp³-hybridized carbons (Fsp3) is 0.316. The number of aromatic nitrogens is 2. The second-order valence-corrected chi connectivity index (χ2v) is 6.65. The van der Waals surface area contributed by atoms with Crippen molar-refractivity contribution in [3.63, 3.8) is 0 Å². The molecule has 0 aliphatic carbocycles. The molecule has 0 amide bonds. The second-order valence-electron chi connectivity index (χ2n) is 6.65. The Morgan fingerprint density at radius 2 is 1.71 bits per heavy atom.